The lowest BCUT2D eigenvalue weighted by molar-refractivity contribution is -0.385. The second kappa shape index (κ2) is 6.43. The zero-order valence-electron chi connectivity index (χ0n) is 9.17. The van der Waals surface area contributed by atoms with Gasteiger partial charge in [-0.25, -0.2) is 0 Å². The monoisotopic (exact) mass is 318 g/mol. The van der Waals surface area contributed by atoms with Crippen molar-refractivity contribution in [2.75, 3.05) is 13.2 Å². The Morgan fingerprint density at radius 2 is 2.17 bits per heavy atom. The van der Waals surface area contributed by atoms with Gasteiger partial charge in [-0.05, 0) is 6.07 Å². The molecule has 7 nitrogen and oxygen atoms in total. The van der Waals surface area contributed by atoms with Crippen LogP contribution < -0.4 is 5.32 Å². The number of nitrogens with one attached hydrogen (secondary N) is 1. The van der Waals surface area contributed by atoms with Crippen LogP contribution in [-0.4, -0.2) is 40.3 Å². The molecule has 0 aromatic heterocycles. The number of carbonyl (C=O) groups excluding carboxylic acids is 1. The molecule has 0 spiro atoms. The Labute approximate surface area is 111 Å². The summed E-state index contributed by atoms with van der Waals surface area (Å²) >= 11 is 3.07. The Morgan fingerprint density at radius 1 is 1.50 bits per heavy atom. The Bertz CT molecular complexity index is 466. The van der Waals surface area contributed by atoms with Gasteiger partial charge >= 0.3 is 0 Å². The minimum Gasteiger partial charge on any atom is -0.394 e. The van der Waals surface area contributed by atoms with E-state index < -0.39 is 23.5 Å². The summed E-state index contributed by atoms with van der Waals surface area (Å²) in [5.41, 5.74) is -0.113. The Kier molecular flexibility index (Phi) is 5.20. The third kappa shape index (κ3) is 4.06. The molecule has 0 bridgehead atoms. The van der Waals surface area contributed by atoms with Crippen LogP contribution in [0.2, 0.25) is 0 Å². The number of aliphatic hydroxyl groups is 2. The van der Waals surface area contributed by atoms with Gasteiger partial charge in [0.15, 0.2) is 0 Å². The maximum Gasteiger partial charge on any atom is 0.271 e. The summed E-state index contributed by atoms with van der Waals surface area (Å²) in [5, 5.41) is 30.6. The first kappa shape index (κ1) is 14.6. The molecule has 0 saturated carbocycles. The molecule has 0 aliphatic rings. The SMILES string of the molecule is O=C(NCC(O)CO)c1cc(Br)cc([N+](=O)[O-])c1. The molecule has 0 fully saturated rings. The van der Waals surface area contributed by atoms with E-state index in [1.54, 1.807) is 0 Å². The van der Waals surface area contributed by atoms with Crippen molar-refractivity contribution in [3.8, 4) is 0 Å². The number of nitro groups is 1. The third-order valence-electron chi connectivity index (χ3n) is 2.06. The average molecular weight is 319 g/mol. The fourth-order valence-electron chi connectivity index (χ4n) is 1.19. The van der Waals surface area contributed by atoms with E-state index in [9.17, 15) is 14.9 Å². The van der Waals surface area contributed by atoms with Gasteiger partial charge in [-0.2, -0.15) is 0 Å². The zero-order chi connectivity index (χ0) is 13.7. The highest BCUT2D eigenvalue weighted by molar-refractivity contribution is 9.10. The van der Waals surface area contributed by atoms with Crippen LogP contribution in [0.1, 0.15) is 10.4 Å². The predicted octanol–water partition coefficient (Wildman–Crippen LogP) is 0.440. The normalized spacial score (nSPS) is 11.9. The largest absolute Gasteiger partial charge is 0.394 e. The average Bonchev–Trinajstić information content (AvgIpc) is 2.34. The third-order valence-corrected chi connectivity index (χ3v) is 2.52. The number of carbonyl (C=O) groups is 1. The van der Waals surface area contributed by atoms with E-state index in [1.807, 2.05) is 0 Å². The number of hydrogen-bond donors (Lipinski definition) is 3. The number of halogens is 1. The van der Waals surface area contributed by atoms with Crippen LogP contribution >= 0.6 is 15.9 Å². The van der Waals surface area contributed by atoms with Crippen molar-refractivity contribution in [3.05, 3.63) is 38.3 Å². The molecule has 0 aliphatic carbocycles. The van der Waals surface area contributed by atoms with E-state index >= 15 is 0 Å². The molecule has 98 valence electrons. The number of non-ortho nitro benzene ring substituents is 1. The first-order valence-corrected chi connectivity index (χ1v) is 5.75. The summed E-state index contributed by atoms with van der Waals surface area (Å²) < 4.78 is 0.407. The summed E-state index contributed by atoms with van der Waals surface area (Å²) in [7, 11) is 0. The number of aliphatic hydroxyl groups excluding tert-OH is 2. The van der Waals surface area contributed by atoms with Crippen LogP contribution in [0.25, 0.3) is 0 Å². The lowest BCUT2D eigenvalue weighted by Crippen LogP contribution is -2.33. The van der Waals surface area contributed by atoms with Crippen molar-refractivity contribution >= 4 is 27.5 Å². The van der Waals surface area contributed by atoms with Crippen molar-refractivity contribution in [2.45, 2.75) is 6.10 Å². The van der Waals surface area contributed by atoms with E-state index in [0.717, 1.165) is 6.07 Å². The number of rotatable bonds is 5. The molecule has 0 aliphatic heterocycles. The van der Waals surface area contributed by atoms with Crippen molar-refractivity contribution in [1.82, 2.24) is 5.32 Å². The van der Waals surface area contributed by atoms with Gasteiger partial charge in [-0.15, -0.1) is 0 Å². The van der Waals surface area contributed by atoms with Crippen LogP contribution in [0.5, 0.6) is 0 Å². The van der Waals surface area contributed by atoms with Crippen molar-refractivity contribution in [2.24, 2.45) is 0 Å². The molecule has 1 aromatic carbocycles. The van der Waals surface area contributed by atoms with Gasteiger partial charge in [0.1, 0.15) is 0 Å². The van der Waals surface area contributed by atoms with Gasteiger partial charge in [0, 0.05) is 28.7 Å². The van der Waals surface area contributed by atoms with Gasteiger partial charge in [-0.3, -0.25) is 14.9 Å². The molecule has 8 heteroatoms. The lowest BCUT2D eigenvalue weighted by atomic mass is 10.2. The topological polar surface area (TPSA) is 113 Å². The van der Waals surface area contributed by atoms with Crippen molar-refractivity contribution in [1.29, 1.82) is 0 Å². The number of nitro benzene ring substituents is 1. The number of hydrogen-bond acceptors (Lipinski definition) is 5. The molecule has 1 unspecified atom stereocenters. The summed E-state index contributed by atoms with van der Waals surface area (Å²) in [5.74, 6) is -0.563. The number of benzene rings is 1. The number of amides is 1. The molecular weight excluding hydrogens is 308 g/mol. The highest BCUT2D eigenvalue weighted by atomic mass is 79.9. The minimum absolute atomic E-state index is 0.0983. The maximum absolute atomic E-state index is 11.6. The van der Waals surface area contributed by atoms with Crippen LogP contribution in [-0.2, 0) is 0 Å². The fraction of sp³-hybridized carbons (Fsp3) is 0.300. The summed E-state index contributed by atoms with van der Waals surface area (Å²) in [6.07, 6.45) is -1.06. The lowest BCUT2D eigenvalue weighted by Gasteiger charge is -2.09. The van der Waals surface area contributed by atoms with E-state index in [-0.39, 0.29) is 17.8 Å². The quantitative estimate of drug-likeness (QED) is 0.538. The van der Waals surface area contributed by atoms with Gasteiger partial charge in [0.2, 0.25) is 0 Å². The fourth-order valence-corrected chi connectivity index (χ4v) is 1.67. The highest BCUT2D eigenvalue weighted by Crippen LogP contribution is 2.21. The second-order valence-corrected chi connectivity index (χ2v) is 4.42. The molecule has 18 heavy (non-hydrogen) atoms. The highest BCUT2D eigenvalue weighted by Gasteiger charge is 2.14. The maximum atomic E-state index is 11.6. The van der Waals surface area contributed by atoms with E-state index in [4.69, 9.17) is 10.2 Å². The second-order valence-electron chi connectivity index (χ2n) is 3.50. The molecule has 1 amide bonds. The van der Waals surface area contributed by atoms with Crippen LogP contribution in [0.15, 0.2) is 22.7 Å². The van der Waals surface area contributed by atoms with Gasteiger partial charge in [0.25, 0.3) is 11.6 Å². The summed E-state index contributed by atoms with van der Waals surface area (Å²) in [6.45, 7) is -0.603. The number of nitrogens with zero attached hydrogens (tertiary/aromatic N) is 1. The molecule has 1 aromatic rings. The Hall–Kier alpha value is -1.51. The van der Waals surface area contributed by atoms with Crippen LogP contribution in [0.4, 0.5) is 5.69 Å². The van der Waals surface area contributed by atoms with Crippen molar-refractivity contribution < 1.29 is 19.9 Å². The predicted molar refractivity (Wildman–Crippen MR) is 66.2 cm³/mol. The van der Waals surface area contributed by atoms with Crippen LogP contribution in [0.3, 0.4) is 0 Å². The molecule has 0 radical (unpaired) electrons. The standard InChI is InChI=1S/C10H11BrN2O5/c11-7-1-6(2-8(3-7)13(17)18)10(16)12-4-9(15)5-14/h1-3,9,14-15H,4-5H2,(H,12,16). The molecule has 3 N–H and O–H groups in total. The summed E-state index contributed by atoms with van der Waals surface area (Å²) in [4.78, 5) is 21.7. The zero-order valence-corrected chi connectivity index (χ0v) is 10.8. The molecule has 0 heterocycles. The van der Waals surface area contributed by atoms with Crippen molar-refractivity contribution in [3.63, 3.8) is 0 Å². The molecule has 1 rings (SSSR count). The summed E-state index contributed by atoms with van der Waals surface area (Å²) in [6, 6.07) is 3.83. The van der Waals surface area contributed by atoms with Crippen LogP contribution in [0, 0.1) is 10.1 Å². The van der Waals surface area contributed by atoms with E-state index in [2.05, 4.69) is 21.2 Å². The van der Waals surface area contributed by atoms with Gasteiger partial charge in [0.05, 0.1) is 17.6 Å². The van der Waals surface area contributed by atoms with Gasteiger partial charge in [-0.1, -0.05) is 15.9 Å². The molecular formula is C10H11BrN2O5. The first-order valence-electron chi connectivity index (χ1n) is 4.96. The Balaban J connectivity index is 2.82. The smallest absolute Gasteiger partial charge is 0.271 e. The first-order chi connectivity index (χ1) is 8.43. The Morgan fingerprint density at radius 3 is 2.72 bits per heavy atom. The molecule has 1 atom stereocenters. The van der Waals surface area contributed by atoms with Gasteiger partial charge < -0.3 is 15.5 Å². The van der Waals surface area contributed by atoms with E-state index in [1.165, 1.54) is 12.1 Å². The minimum atomic E-state index is -1.06. The van der Waals surface area contributed by atoms with E-state index in [0.29, 0.717) is 4.47 Å². The molecule has 0 saturated heterocycles.